The summed E-state index contributed by atoms with van der Waals surface area (Å²) in [6.45, 7) is 0. The maximum atomic E-state index is 5.86. The molecule has 0 spiro atoms. The molecule has 5 unspecified atom stereocenters. The summed E-state index contributed by atoms with van der Waals surface area (Å²) in [6, 6.07) is 0.146. The van der Waals surface area contributed by atoms with E-state index in [9.17, 15) is 0 Å². The van der Waals surface area contributed by atoms with Gasteiger partial charge in [0, 0.05) is 12.0 Å². The lowest BCUT2D eigenvalue weighted by molar-refractivity contribution is 0.344. The van der Waals surface area contributed by atoms with Crippen LogP contribution in [0.1, 0.15) is 55.7 Å². The van der Waals surface area contributed by atoms with Gasteiger partial charge in [0.15, 0.2) is 5.82 Å². The van der Waals surface area contributed by atoms with Crippen molar-refractivity contribution in [1.29, 1.82) is 0 Å². The molecule has 4 nitrogen and oxygen atoms in total. The van der Waals surface area contributed by atoms with Crippen molar-refractivity contribution in [1.82, 2.24) is 10.1 Å². The molecule has 2 N–H and O–H groups in total. The van der Waals surface area contributed by atoms with E-state index in [0.29, 0.717) is 5.92 Å². The summed E-state index contributed by atoms with van der Waals surface area (Å²) < 4.78 is 5.45. The summed E-state index contributed by atoms with van der Waals surface area (Å²) in [7, 11) is 0. The maximum Gasteiger partial charge on any atom is 0.233 e. The number of rotatable bonds is 2. The molecule has 0 saturated heterocycles. The Morgan fingerprint density at radius 2 is 2.11 bits per heavy atom. The van der Waals surface area contributed by atoms with Gasteiger partial charge >= 0.3 is 0 Å². The number of fused-ring (bicyclic) bond motifs is 2. The van der Waals surface area contributed by atoms with Crippen molar-refractivity contribution in [3.63, 3.8) is 0 Å². The van der Waals surface area contributed by atoms with E-state index in [2.05, 4.69) is 16.2 Å². The fourth-order valence-corrected chi connectivity index (χ4v) is 4.02. The molecule has 3 aliphatic carbocycles. The van der Waals surface area contributed by atoms with E-state index in [-0.39, 0.29) is 12.0 Å². The molecule has 0 amide bonds. The molecule has 5 atom stereocenters. The van der Waals surface area contributed by atoms with Gasteiger partial charge in [0.25, 0.3) is 0 Å². The van der Waals surface area contributed by atoms with Gasteiger partial charge in [0.2, 0.25) is 5.89 Å². The second-order valence-electron chi connectivity index (χ2n) is 6.16. The van der Waals surface area contributed by atoms with E-state index in [4.69, 9.17) is 10.3 Å². The van der Waals surface area contributed by atoms with Gasteiger partial charge in [-0.05, 0) is 37.5 Å². The van der Waals surface area contributed by atoms with Gasteiger partial charge in [-0.25, -0.2) is 0 Å². The number of allylic oxidation sites excluding steroid dienone is 1. The molecular formula is C14H19N3O. The lowest BCUT2D eigenvalue weighted by Gasteiger charge is -2.17. The second-order valence-corrected chi connectivity index (χ2v) is 6.16. The van der Waals surface area contributed by atoms with Gasteiger partial charge in [0.1, 0.15) is 0 Å². The number of nitrogens with zero attached hydrogens (tertiary/aromatic N) is 2. The zero-order chi connectivity index (χ0) is 12.1. The zero-order valence-electron chi connectivity index (χ0n) is 10.5. The van der Waals surface area contributed by atoms with Crippen molar-refractivity contribution >= 4 is 0 Å². The molecule has 4 heteroatoms. The molecule has 96 valence electrons. The first-order valence-corrected chi connectivity index (χ1v) is 7.07. The molecule has 0 radical (unpaired) electrons. The fraction of sp³-hybridized carbons (Fsp3) is 0.714. The molecular weight excluding hydrogens is 226 g/mol. The van der Waals surface area contributed by atoms with Gasteiger partial charge < -0.3 is 10.3 Å². The summed E-state index contributed by atoms with van der Waals surface area (Å²) in [5.41, 5.74) is 5.86. The van der Waals surface area contributed by atoms with Crippen LogP contribution in [0, 0.1) is 11.8 Å². The number of hydrogen-bond acceptors (Lipinski definition) is 4. The Balaban J connectivity index is 1.54. The van der Waals surface area contributed by atoms with Crippen LogP contribution in [0.4, 0.5) is 0 Å². The normalized spacial score (nSPS) is 41.9. The van der Waals surface area contributed by atoms with Crippen LogP contribution in [0.3, 0.4) is 0 Å². The molecule has 4 rings (SSSR count). The minimum absolute atomic E-state index is 0.146. The minimum atomic E-state index is 0.146. The lowest BCUT2D eigenvalue weighted by Crippen LogP contribution is -2.14. The Morgan fingerprint density at radius 1 is 1.17 bits per heavy atom. The van der Waals surface area contributed by atoms with Gasteiger partial charge in [0.05, 0.1) is 5.92 Å². The Bertz CT molecular complexity index is 481. The maximum absolute atomic E-state index is 5.86. The van der Waals surface area contributed by atoms with Crippen LogP contribution in [0.15, 0.2) is 16.7 Å². The van der Waals surface area contributed by atoms with Gasteiger partial charge in [-0.15, -0.1) is 0 Å². The summed E-state index contributed by atoms with van der Waals surface area (Å²) in [5.74, 6) is 4.23. The van der Waals surface area contributed by atoms with Gasteiger partial charge in [-0.1, -0.05) is 23.7 Å². The molecule has 1 aromatic rings. The third kappa shape index (κ3) is 1.62. The first-order valence-electron chi connectivity index (χ1n) is 7.07. The van der Waals surface area contributed by atoms with Crippen molar-refractivity contribution in [3.8, 4) is 0 Å². The Morgan fingerprint density at radius 3 is 2.78 bits per heavy atom. The zero-order valence-corrected chi connectivity index (χ0v) is 10.5. The molecule has 0 aromatic carbocycles. The molecule has 1 heterocycles. The van der Waals surface area contributed by atoms with E-state index in [0.717, 1.165) is 30.0 Å². The highest BCUT2D eigenvalue weighted by molar-refractivity contribution is 5.16. The van der Waals surface area contributed by atoms with Crippen LogP contribution in [0.2, 0.25) is 0 Å². The van der Waals surface area contributed by atoms with E-state index < -0.39 is 0 Å². The predicted octanol–water partition coefficient (Wildman–Crippen LogP) is 2.34. The first kappa shape index (κ1) is 10.7. The quantitative estimate of drug-likeness (QED) is 0.812. The van der Waals surface area contributed by atoms with Crippen molar-refractivity contribution in [2.45, 2.75) is 50.0 Å². The second kappa shape index (κ2) is 3.92. The highest BCUT2D eigenvalue weighted by Crippen LogP contribution is 2.52. The van der Waals surface area contributed by atoms with Crippen molar-refractivity contribution < 1.29 is 4.52 Å². The third-order valence-corrected chi connectivity index (χ3v) is 4.96. The Kier molecular flexibility index (Phi) is 2.34. The topological polar surface area (TPSA) is 64.9 Å². The van der Waals surface area contributed by atoms with Crippen LogP contribution < -0.4 is 5.73 Å². The van der Waals surface area contributed by atoms with E-state index in [1.165, 1.54) is 25.7 Å². The summed E-state index contributed by atoms with van der Waals surface area (Å²) in [5, 5.41) is 4.23. The standard InChI is InChI=1S/C14H19N3O/c15-11-4-3-10(7-11)14-16-13(17-18-14)12-6-8-1-2-9(12)5-8/h3-4,8-12H,1-2,5-7,15H2. The predicted molar refractivity (Wildman–Crippen MR) is 67.0 cm³/mol. The van der Waals surface area contributed by atoms with Crippen LogP contribution in [-0.2, 0) is 0 Å². The first-order chi connectivity index (χ1) is 8.79. The smallest absolute Gasteiger partial charge is 0.233 e. The number of nitrogens with two attached hydrogens (primary N) is 1. The summed E-state index contributed by atoms with van der Waals surface area (Å²) in [6.07, 6.45) is 10.4. The largest absolute Gasteiger partial charge is 0.339 e. The van der Waals surface area contributed by atoms with Crippen molar-refractivity contribution in [2.24, 2.45) is 17.6 Å². The lowest BCUT2D eigenvalue weighted by atomic mass is 9.88. The molecule has 0 aliphatic heterocycles. The number of hydrogen-bond donors (Lipinski definition) is 1. The molecule has 18 heavy (non-hydrogen) atoms. The Hall–Kier alpha value is -1.16. The summed E-state index contributed by atoms with van der Waals surface area (Å²) in [4.78, 5) is 4.64. The summed E-state index contributed by atoms with van der Waals surface area (Å²) >= 11 is 0. The minimum Gasteiger partial charge on any atom is -0.339 e. The molecule has 1 aromatic heterocycles. The average molecular weight is 245 g/mol. The molecule has 2 fully saturated rings. The SMILES string of the molecule is NC1C=CC(c2nc(C3CC4CCC3C4)no2)C1. The van der Waals surface area contributed by atoms with Crippen molar-refractivity contribution in [3.05, 3.63) is 23.9 Å². The highest BCUT2D eigenvalue weighted by Gasteiger charge is 2.42. The van der Waals surface area contributed by atoms with E-state index in [1.807, 2.05) is 6.08 Å². The van der Waals surface area contributed by atoms with Crippen LogP contribution in [0.25, 0.3) is 0 Å². The van der Waals surface area contributed by atoms with Gasteiger partial charge in [-0.2, -0.15) is 4.98 Å². The van der Waals surface area contributed by atoms with Crippen molar-refractivity contribution in [2.75, 3.05) is 0 Å². The van der Waals surface area contributed by atoms with E-state index >= 15 is 0 Å². The van der Waals surface area contributed by atoms with Crippen LogP contribution in [0.5, 0.6) is 0 Å². The Labute approximate surface area is 107 Å². The molecule has 2 saturated carbocycles. The van der Waals surface area contributed by atoms with Crippen LogP contribution in [-0.4, -0.2) is 16.2 Å². The van der Waals surface area contributed by atoms with E-state index in [1.54, 1.807) is 0 Å². The average Bonchev–Trinajstić information content (AvgIpc) is 3.12. The van der Waals surface area contributed by atoms with Crippen LogP contribution >= 0.6 is 0 Å². The fourth-order valence-electron chi connectivity index (χ4n) is 4.02. The molecule has 3 aliphatic rings. The third-order valence-electron chi connectivity index (χ3n) is 4.96. The monoisotopic (exact) mass is 245 g/mol. The van der Waals surface area contributed by atoms with Gasteiger partial charge in [-0.3, -0.25) is 0 Å². The highest BCUT2D eigenvalue weighted by atomic mass is 16.5. The molecule has 2 bridgehead atoms. The number of aromatic nitrogens is 2.